The van der Waals surface area contributed by atoms with Gasteiger partial charge in [-0.15, -0.1) is 0 Å². The summed E-state index contributed by atoms with van der Waals surface area (Å²) in [5, 5.41) is 6.31. The molecular weight excluding hydrogens is 340 g/mol. The molecule has 26 heavy (non-hydrogen) atoms. The van der Waals surface area contributed by atoms with Gasteiger partial charge in [-0.2, -0.15) is 18.6 Å². The molecule has 0 aliphatic heterocycles. The molecule has 0 bridgehead atoms. The minimum Gasteiger partial charge on any atom is -0.497 e. The minimum absolute atomic E-state index is 0.200. The van der Waals surface area contributed by atoms with Gasteiger partial charge in [0.15, 0.2) is 0 Å². The zero-order chi connectivity index (χ0) is 18.5. The molecule has 0 spiro atoms. The Hall–Kier alpha value is -3.22. The lowest BCUT2D eigenvalue weighted by atomic mass is 9.98. The molecule has 2 aromatic carbocycles. The lowest BCUT2D eigenvalue weighted by Crippen LogP contribution is -2.31. The highest BCUT2D eigenvalue weighted by molar-refractivity contribution is 5.93. The summed E-state index contributed by atoms with van der Waals surface area (Å²) in [6, 6.07) is 17.2. The summed E-state index contributed by atoms with van der Waals surface area (Å²) in [5.74, 6) is 0.0511. The van der Waals surface area contributed by atoms with Crippen LogP contribution in [-0.2, 0) is 0 Å². The van der Waals surface area contributed by atoms with E-state index in [1.807, 2.05) is 42.5 Å². The summed E-state index contributed by atoms with van der Waals surface area (Å²) in [5.41, 5.74) is 1.43. The summed E-state index contributed by atoms with van der Waals surface area (Å²) in [4.78, 5) is 12.6. The van der Waals surface area contributed by atoms with Crippen molar-refractivity contribution in [3.05, 3.63) is 83.7 Å². The Kier molecular flexibility index (Phi) is 5.26. The average Bonchev–Trinajstić information content (AvgIpc) is 3.17. The summed E-state index contributed by atoms with van der Waals surface area (Å²) in [6.45, 7) is -2.89. The molecule has 0 saturated carbocycles. The molecule has 3 rings (SSSR count). The third-order valence-corrected chi connectivity index (χ3v) is 3.95. The van der Waals surface area contributed by atoms with Gasteiger partial charge in [-0.05, 0) is 29.3 Å². The molecule has 1 heterocycles. The number of rotatable bonds is 6. The molecule has 1 N–H and O–H groups in total. The molecule has 0 unspecified atom stereocenters. The number of halogens is 2. The molecule has 0 radical (unpaired) electrons. The van der Waals surface area contributed by atoms with Crippen LogP contribution in [0.1, 0.15) is 34.2 Å². The Morgan fingerprint density at radius 2 is 1.69 bits per heavy atom. The van der Waals surface area contributed by atoms with Crippen LogP contribution >= 0.6 is 0 Å². The summed E-state index contributed by atoms with van der Waals surface area (Å²) < 4.78 is 31.5. The number of ether oxygens (including phenoxy) is 1. The van der Waals surface area contributed by atoms with Crippen molar-refractivity contribution in [2.45, 2.75) is 12.6 Å². The highest BCUT2D eigenvalue weighted by Crippen LogP contribution is 2.25. The van der Waals surface area contributed by atoms with Crippen LogP contribution < -0.4 is 10.1 Å². The number of carbonyl (C=O) groups excluding carboxylic acids is 1. The average molecular weight is 357 g/mol. The molecule has 0 saturated heterocycles. The minimum atomic E-state index is -2.89. The number of hydrogen-bond acceptors (Lipinski definition) is 3. The van der Waals surface area contributed by atoms with E-state index < -0.39 is 18.5 Å². The monoisotopic (exact) mass is 357 g/mol. The second-order valence-corrected chi connectivity index (χ2v) is 5.53. The van der Waals surface area contributed by atoms with E-state index >= 15 is 0 Å². The van der Waals surface area contributed by atoms with E-state index in [1.54, 1.807) is 19.2 Å². The van der Waals surface area contributed by atoms with E-state index in [1.165, 1.54) is 12.3 Å². The number of methoxy groups -OCH3 is 1. The van der Waals surface area contributed by atoms with Crippen molar-refractivity contribution in [3.8, 4) is 5.75 Å². The quantitative estimate of drug-likeness (QED) is 0.730. The Balaban J connectivity index is 1.93. The van der Waals surface area contributed by atoms with Gasteiger partial charge in [0.1, 0.15) is 11.4 Å². The lowest BCUT2D eigenvalue weighted by molar-refractivity contribution is 0.0508. The molecule has 7 heteroatoms. The highest BCUT2D eigenvalue weighted by Gasteiger charge is 2.22. The fourth-order valence-corrected chi connectivity index (χ4v) is 2.66. The second kappa shape index (κ2) is 7.77. The number of hydrogen-bond donors (Lipinski definition) is 1. The Morgan fingerprint density at radius 1 is 1.04 bits per heavy atom. The maximum Gasteiger partial charge on any atom is 0.333 e. The fourth-order valence-electron chi connectivity index (χ4n) is 2.66. The summed E-state index contributed by atoms with van der Waals surface area (Å²) >= 11 is 0. The topological polar surface area (TPSA) is 56.1 Å². The smallest absolute Gasteiger partial charge is 0.333 e. The van der Waals surface area contributed by atoms with Crippen LogP contribution in [0.3, 0.4) is 0 Å². The van der Waals surface area contributed by atoms with Crippen LogP contribution in [-0.4, -0.2) is 22.8 Å². The van der Waals surface area contributed by atoms with Gasteiger partial charge in [-0.25, -0.2) is 0 Å². The molecular formula is C19H17F2N3O2. The first-order chi connectivity index (χ1) is 12.6. The van der Waals surface area contributed by atoms with Gasteiger partial charge in [-0.1, -0.05) is 42.5 Å². The van der Waals surface area contributed by atoms with Gasteiger partial charge in [0, 0.05) is 6.20 Å². The predicted octanol–water partition coefficient (Wildman–Crippen LogP) is 3.81. The number of aromatic nitrogens is 2. The first-order valence-corrected chi connectivity index (χ1v) is 7.91. The number of alkyl halides is 2. The summed E-state index contributed by atoms with van der Waals surface area (Å²) in [7, 11) is 1.57. The molecule has 134 valence electrons. The van der Waals surface area contributed by atoms with Gasteiger partial charge in [0.05, 0.1) is 13.2 Å². The van der Waals surface area contributed by atoms with Gasteiger partial charge < -0.3 is 10.1 Å². The van der Waals surface area contributed by atoms with Crippen LogP contribution in [0.4, 0.5) is 8.78 Å². The molecule has 1 aromatic heterocycles. The number of nitrogens with zero attached hydrogens (tertiary/aromatic N) is 2. The lowest BCUT2D eigenvalue weighted by Gasteiger charge is -2.20. The van der Waals surface area contributed by atoms with Gasteiger partial charge in [0.25, 0.3) is 5.91 Å². The summed E-state index contributed by atoms with van der Waals surface area (Å²) in [6.07, 6.45) is 1.17. The number of carbonyl (C=O) groups is 1. The van der Waals surface area contributed by atoms with Crippen molar-refractivity contribution >= 4 is 5.91 Å². The van der Waals surface area contributed by atoms with Gasteiger partial charge in [0.2, 0.25) is 0 Å². The largest absolute Gasteiger partial charge is 0.497 e. The molecule has 1 amide bonds. The molecule has 5 nitrogen and oxygen atoms in total. The predicted molar refractivity (Wildman–Crippen MR) is 92.2 cm³/mol. The number of benzene rings is 2. The maximum atomic E-state index is 13.0. The third-order valence-electron chi connectivity index (χ3n) is 3.95. The zero-order valence-electron chi connectivity index (χ0n) is 14.0. The van der Waals surface area contributed by atoms with Gasteiger partial charge >= 0.3 is 6.55 Å². The van der Waals surface area contributed by atoms with Crippen molar-refractivity contribution in [1.82, 2.24) is 15.1 Å². The first-order valence-electron chi connectivity index (χ1n) is 7.91. The van der Waals surface area contributed by atoms with Crippen molar-refractivity contribution in [2.75, 3.05) is 7.11 Å². The Labute approximate surface area is 149 Å². The van der Waals surface area contributed by atoms with Crippen molar-refractivity contribution in [1.29, 1.82) is 0 Å². The van der Waals surface area contributed by atoms with Crippen LogP contribution in [0.25, 0.3) is 0 Å². The molecule has 0 aliphatic rings. The van der Waals surface area contributed by atoms with E-state index in [0.29, 0.717) is 10.4 Å². The van der Waals surface area contributed by atoms with Crippen LogP contribution in [0, 0.1) is 0 Å². The number of nitrogens with one attached hydrogen (secondary N) is 1. The van der Waals surface area contributed by atoms with E-state index in [4.69, 9.17) is 4.74 Å². The normalized spacial score (nSPS) is 12.0. The van der Waals surface area contributed by atoms with Crippen LogP contribution in [0.2, 0.25) is 0 Å². The van der Waals surface area contributed by atoms with Crippen molar-refractivity contribution in [2.24, 2.45) is 0 Å². The van der Waals surface area contributed by atoms with E-state index in [9.17, 15) is 13.6 Å². The van der Waals surface area contributed by atoms with Crippen LogP contribution in [0.15, 0.2) is 66.9 Å². The Morgan fingerprint density at radius 3 is 2.31 bits per heavy atom. The first kappa shape index (κ1) is 17.6. The zero-order valence-corrected chi connectivity index (χ0v) is 14.0. The van der Waals surface area contributed by atoms with Crippen molar-refractivity contribution in [3.63, 3.8) is 0 Å². The molecule has 0 aliphatic carbocycles. The molecule has 3 aromatic rings. The van der Waals surface area contributed by atoms with Crippen molar-refractivity contribution < 1.29 is 18.3 Å². The SMILES string of the molecule is COc1ccc([C@@H](NC(=O)c2ccnn2C(F)F)c2ccccc2)cc1. The second-order valence-electron chi connectivity index (χ2n) is 5.53. The van der Waals surface area contributed by atoms with E-state index in [0.717, 1.165) is 11.1 Å². The third kappa shape index (κ3) is 3.72. The maximum absolute atomic E-state index is 13.0. The molecule has 1 atom stereocenters. The highest BCUT2D eigenvalue weighted by atomic mass is 19.3. The molecule has 0 fully saturated rings. The van der Waals surface area contributed by atoms with E-state index in [2.05, 4.69) is 10.4 Å². The standard InChI is InChI=1S/C19H17F2N3O2/c1-26-15-9-7-14(8-10-15)17(13-5-3-2-4-6-13)23-18(25)16-11-12-22-24(16)19(20)21/h2-12,17,19H,1H3,(H,23,25)/t17-/m0/s1. The number of amides is 1. The Bertz CT molecular complexity index is 864. The van der Waals surface area contributed by atoms with Crippen LogP contribution in [0.5, 0.6) is 5.75 Å². The van der Waals surface area contributed by atoms with Gasteiger partial charge in [-0.3, -0.25) is 4.79 Å². The van der Waals surface area contributed by atoms with E-state index in [-0.39, 0.29) is 5.69 Å². The fraction of sp³-hybridized carbons (Fsp3) is 0.158.